The first-order valence-electron chi connectivity index (χ1n) is 19.3. The van der Waals surface area contributed by atoms with Crippen LogP contribution in [-0.4, -0.2) is 15.0 Å². The van der Waals surface area contributed by atoms with Crippen LogP contribution in [0.1, 0.15) is 0 Å². The molecule has 0 N–H and O–H groups in total. The quantitative estimate of drug-likeness (QED) is 0.160. The minimum Gasteiger partial charge on any atom is -0.311 e. The van der Waals surface area contributed by atoms with Crippen molar-refractivity contribution in [2.24, 2.45) is 0 Å². The van der Waals surface area contributed by atoms with Gasteiger partial charge in [0.15, 0.2) is 0 Å². The summed E-state index contributed by atoms with van der Waals surface area (Å²) in [5, 5.41) is 7.86. The van der Waals surface area contributed by atoms with Crippen LogP contribution in [0.2, 0.25) is 0 Å². The molecule has 0 aliphatic heterocycles. The van der Waals surface area contributed by atoms with Crippen molar-refractivity contribution in [1.82, 2.24) is 15.0 Å². The van der Waals surface area contributed by atoms with E-state index in [1.165, 1.54) is 16.2 Å². The van der Waals surface area contributed by atoms with Crippen LogP contribution in [0, 0.1) is 0 Å². The average Bonchev–Trinajstić information content (AvgIpc) is 3.29. The highest BCUT2D eigenvalue weighted by atomic mass is 15.1. The zero-order valence-corrected chi connectivity index (χ0v) is 30.9. The van der Waals surface area contributed by atoms with Crippen LogP contribution in [0.25, 0.3) is 88.0 Å². The van der Waals surface area contributed by atoms with Crippen LogP contribution in [0.15, 0.2) is 206 Å². The Kier molecular flexibility index (Phi) is 7.78. The fourth-order valence-corrected chi connectivity index (χ4v) is 8.31. The number of para-hydroxylation sites is 2. The maximum atomic E-state index is 5.46. The molecule has 57 heavy (non-hydrogen) atoms. The molecule has 0 saturated heterocycles. The van der Waals surface area contributed by atoms with Gasteiger partial charge in [-0.05, 0) is 65.4 Å². The van der Waals surface area contributed by atoms with Gasteiger partial charge in [-0.25, -0.2) is 15.0 Å². The third-order valence-corrected chi connectivity index (χ3v) is 11.0. The van der Waals surface area contributed by atoms with E-state index in [-0.39, 0.29) is 0 Å². The number of nitrogens with zero attached hydrogens (tertiary/aromatic N) is 4. The van der Waals surface area contributed by atoms with Gasteiger partial charge in [-0.1, -0.05) is 152 Å². The maximum absolute atomic E-state index is 5.46. The Morgan fingerprint density at radius 2 is 0.877 bits per heavy atom. The molecule has 0 aliphatic carbocycles. The molecule has 3 heterocycles. The number of hydrogen-bond acceptors (Lipinski definition) is 4. The van der Waals surface area contributed by atoms with Crippen molar-refractivity contribution in [1.29, 1.82) is 0 Å². The Morgan fingerprint density at radius 3 is 1.58 bits per heavy atom. The lowest BCUT2D eigenvalue weighted by Gasteiger charge is -2.25. The minimum absolute atomic E-state index is 0.888. The number of fused-ring (bicyclic) bond motifs is 8. The van der Waals surface area contributed by atoms with Crippen LogP contribution < -0.4 is 4.90 Å². The molecule has 0 atom stereocenters. The molecule has 4 nitrogen and oxygen atoms in total. The molecule has 0 radical (unpaired) electrons. The Morgan fingerprint density at radius 1 is 0.316 bits per heavy atom. The highest BCUT2D eigenvalue weighted by Gasteiger charge is 2.19. The van der Waals surface area contributed by atoms with Crippen LogP contribution >= 0.6 is 0 Å². The van der Waals surface area contributed by atoms with Gasteiger partial charge in [0.25, 0.3) is 0 Å². The molecule has 0 spiro atoms. The zero-order valence-electron chi connectivity index (χ0n) is 30.9. The van der Waals surface area contributed by atoms with Crippen molar-refractivity contribution in [2.75, 3.05) is 4.90 Å². The summed E-state index contributed by atoms with van der Waals surface area (Å²) in [6.07, 6.45) is 0. The van der Waals surface area contributed by atoms with Gasteiger partial charge in [-0.15, -0.1) is 0 Å². The summed E-state index contributed by atoms with van der Waals surface area (Å²) in [7, 11) is 0. The van der Waals surface area contributed by atoms with Gasteiger partial charge in [-0.2, -0.15) is 0 Å². The normalized spacial score (nSPS) is 11.5. The van der Waals surface area contributed by atoms with Gasteiger partial charge in [0.05, 0.1) is 33.6 Å². The summed E-state index contributed by atoms with van der Waals surface area (Å²) in [4.78, 5) is 18.3. The SMILES string of the molecule is c1ccc(-c2ccc3ccc4ccc(-c5cccc6nc(-c7ccc(N(c8ccccc8)c8ccccc8)cc7)c7ccc8ccccc8c7c56)nc4c3n2)cc1. The van der Waals surface area contributed by atoms with Crippen molar-refractivity contribution in [2.45, 2.75) is 0 Å². The molecule has 0 aliphatic rings. The van der Waals surface area contributed by atoms with E-state index in [0.29, 0.717) is 0 Å². The molecule has 4 heteroatoms. The fraction of sp³-hybridized carbons (Fsp3) is 0. The van der Waals surface area contributed by atoms with Gasteiger partial charge >= 0.3 is 0 Å². The van der Waals surface area contributed by atoms with Crippen LogP contribution in [0.5, 0.6) is 0 Å². The van der Waals surface area contributed by atoms with Crippen LogP contribution in [0.4, 0.5) is 17.1 Å². The first-order chi connectivity index (χ1) is 28.3. The van der Waals surface area contributed by atoms with Gasteiger partial charge in [0.1, 0.15) is 0 Å². The smallest absolute Gasteiger partial charge is 0.0972 e. The second-order valence-electron chi connectivity index (χ2n) is 14.4. The maximum Gasteiger partial charge on any atom is 0.0972 e. The highest BCUT2D eigenvalue weighted by molar-refractivity contribution is 6.25. The van der Waals surface area contributed by atoms with Crippen molar-refractivity contribution in [3.8, 4) is 33.8 Å². The van der Waals surface area contributed by atoms with Gasteiger partial charge in [0.2, 0.25) is 0 Å². The number of aromatic nitrogens is 3. The Balaban J connectivity index is 1.11. The van der Waals surface area contributed by atoms with E-state index < -0.39 is 0 Å². The van der Waals surface area contributed by atoms with Crippen molar-refractivity contribution >= 4 is 71.3 Å². The first-order valence-corrected chi connectivity index (χ1v) is 19.3. The van der Waals surface area contributed by atoms with E-state index in [0.717, 1.165) is 88.9 Å². The topological polar surface area (TPSA) is 41.9 Å². The van der Waals surface area contributed by atoms with E-state index in [4.69, 9.17) is 15.0 Å². The molecule has 11 rings (SSSR count). The zero-order chi connectivity index (χ0) is 37.7. The summed E-state index contributed by atoms with van der Waals surface area (Å²) in [6.45, 7) is 0. The largest absolute Gasteiger partial charge is 0.311 e. The molecule has 266 valence electrons. The van der Waals surface area contributed by atoms with E-state index in [2.05, 4.69) is 205 Å². The minimum atomic E-state index is 0.888. The summed E-state index contributed by atoms with van der Waals surface area (Å²) in [5.74, 6) is 0. The highest BCUT2D eigenvalue weighted by Crippen LogP contribution is 2.42. The van der Waals surface area contributed by atoms with E-state index in [9.17, 15) is 0 Å². The second kappa shape index (κ2) is 13.6. The lowest BCUT2D eigenvalue weighted by molar-refractivity contribution is 1.28. The predicted molar refractivity (Wildman–Crippen MR) is 238 cm³/mol. The lowest BCUT2D eigenvalue weighted by Crippen LogP contribution is -2.09. The number of hydrogen-bond donors (Lipinski definition) is 0. The standard InChI is InChI=1S/C53H34N4/c1-4-14-36(15-5-1)46-33-28-38-23-24-39-29-34-47(55-53(39)52(38)54-46)44-21-12-22-48-50(44)49-43-20-11-10-13-35(43)27-32-45(49)51(56-48)37-25-30-42(31-26-37)57(40-16-6-2-7-17-40)41-18-8-3-9-19-41/h1-34H. The third kappa shape index (κ3) is 5.66. The Labute approximate surface area is 330 Å². The van der Waals surface area contributed by atoms with E-state index >= 15 is 0 Å². The molecule has 3 aromatic heterocycles. The van der Waals surface area contributed by atoms with E-state index in [1.807, 2.05) is 6.07 Å². The number of benzene rings is 8. The lowest BCUT2D eigenvalue weighted by atomic mass is 9.92. The summed E-state index contributed by atoms with van der Waals surface area (Å²) in [6, 6.07) is 72.5. The van der Waals surface area contributed by atoms with Gasteiger partial charge in [0, 0.05) is 60.7 Å². The molecule has 0 saturated carbocycles. The first kappa shape index (κ1) is 32.7. The van der Waals surface area contributed by atoms with Gasteiger partial charge < -0.3 is 4.90 Å². The average molecular weight is 727 g/mol. The Bertz CT molecular complexity index is 3230. The Hall–Kier alpha value is -7.69. The number of rotatable bonds is 6. The van der Waals surface area contributed by atoms with Crippen molar-refractivity contribution < 1.29 is 0 Å². The molecular weight excluding hydrogens is 693 g/mol. The van der Waals surface area contributed by atoms with E-state index in [1.54, 1.807) is 0 Å². The number of anilines is 3. The summed E-state index contributed by atoms with van der Waals surface area (Å²) >= 11 is 0. The molecule has 11 aromatic rings. The molecular formula is C53H34N4. The van der Waals surface area contributed by atoms with Crippen LogP contribution in [0.3, 0.4) is 0 Å². The summed E-state index contributed by atoms with van der Waals surface area (Å²) < 4.78 is 0. The molecule has 8 aromatic carbocycles. The third-order valence-electron chi connectivity index (χ3n) is 11.0. The summed E-state index contributed by atoms with van der Waals surface area (Å²) in [5.41, 5.74) is 12.0. The van der Waals surface area contributed by atoms with Crippen LogP contribution in [-0.2, 0) is 0 Å². The number of pyridine rings is 3. The van der Waals surface area contributed by atoms with Gasteiger partial charge in [-0.3, -0.25) is 0 Å². The monoisotopic (exact) mass is 726 g/mol. The molecule has 0 amide bonds. The molecule has 0 bridgehead atoms. The fourth-order valence-electron chi connectivity index (χ4n) is 8.31. The van der Waals surface area contributed by atoms with Crippen molar-refractivity contribution in [3.63, 3.8) is 0 Å². The molecule has 0 unspecified atom stereocenters. The molecule has 0 fully saturated rings. The predicted octanol–water partition coefficient (Wildman–Crippen LogP) is 14.1. The second-order valence-corrected chi connectivity index (χ2v) is 14.4. The van der Waals surface area contributed by atoms with Crippen molar-refractivity contribution in [3.05, 3.63) is 206 Å².